The van der Waals surface area contributed by atoms with E-state index in [1.807, 2.05) is 19.9 Å². The molecule has 0 spiro atoms. The maximum atomic E-state index is 12.6. The number of carbonyl (C=O) groups is 1. The summed E-state index contributed by atoms with van der Waals surface area (Å²) in [5.41, 5.74) is 3.09. The van der Waals surface area contributed by atoms with Gasteiger partial charge in [0.05, 0.1) is 4.90 Å². The first-order valence-electron chi connectivity index (χ1n) is 8.56. The van der Waals surface area contributed by atoms with Crippen LogP contribution < -0.4 is 15.4 Å². The summed E-state index contributed by atoms with van der Waals surface area (Å²) in [6, 6.07) is 11.7. The van der Waals surface area contributed by atoms with Gasteiger partial charge in [-0.25, -0.2) is 8.42 Å². The summed E-state index contributed by atoms with van der Waals surface area (Å²) in [6.07, 6.45) is 1.79. The number of carbonyl (C=O) groups excluding carboxylic acids is 1. The molecule has 3 rings (SSSR count). The molecule has 0 aromatic heterocycles. The zero-order valence-electron chi connectivity index (χ0n) is 15.1. The maximum Gasteiger partial charge on any atom is 0.261 e. The van der Waals surface area contributed by atoms with Crippen LogP contribution in [0.4, 0.5) is 11.4 Å². The van der Waals surface area contributed by atoms with E-state index in [0.717, 1.165) is 24.0 Å². The minimum Gasteiger partial charge on any atom is -0.332 e. The molecule has 0 heterocycles. The first-order chi connectivity index (χ1) is 12.7. The Hall–Kier alpha value is -2.45. The topological polar surface area (TPSA) is 87.3 Å². The van der Waals surface area contributed by atoms with Crippen molar-refractivity contribution in [3.63, 3.8) is 0 Å². The Labute approximate surface area is 164 Å². The number of hydrogen-bond donors (Lipinski definition) is 3. The first-order valence-corrected chi connectivity index (χ1v) is 10.4. The van der Waals surface area contributed by atoms with E-state index in [0.29, 0.717) is 11.4 Å². The van der Waals surface area contributed by atoms with E-state index in [-0.39, 0.29) is 21.8 Å². The van der Waals surface area contributed by atoms with Crippen molar-refractivity contribution in [2.45, 2.75) is 31.6 Å². The molecular formula is C19H21N3O3S2. The Morgan fingerprint density at radius 3 is 2.15 bits per heavy atom. The van der Waals surface area contributed by atoms with E-state index in [2.05, 4.69) is 15.4 Å². The summed E-state index contributed by atoms with van der Waals surface area (Å²) in [4.78, 5) is 11.8. The molecule has 6 nitrogen and oxygen atoms in total. The van der Waals surface area contributed by atoms with Crippen LogP contribution in [0.15, 0.2) is 47.4 Å². The summed E-state index contributed by atoms with van der Waals surface area (Å²) in [7, 11) is -3.69. The van der Waals surface area contributed by atoms with Gasteiger partial charge in [-0.2, -0.15) is 0 Å². The number of amides is 1. The zero-order chi connectivity index (χ0) is 19.6. The summed E-state index contributed by atoms with van der Waals surface area (Å²) in [5, 5.41) is 5.72. The average molecular weight is 404 g/mol. The largest absolute Gasteiger partial charge is 0.332 e. The number of nitrogens with one attached hydrogen (secondary N) is 3. The van der Waals surface area contributed by atoms with Crippen molar-refractivity contribution >= 4 is 44.6 Å². The molecule has 1 aliphatic rings. The average Bonchev–Trinajstić information content (AvgIpc) is 3.38. The smallest absolute Gasteiger partial charge is 0.261 e. The van der Waals surface area contributed by atoms with Gasteiger partial charge in [0.2, 0.25) is 5.91 Å². The van der Waals surface area contributed by atoms with Gasteiger partial charge in [-0.3, -0.25) is 9.52 Å². The summed E-state index contributed by atoms with van der Waals surface area (Å²) < 4.78 is 27.7. The predicted molar refractivity (Wildman–Crippen MR) is 110 cm³/mol. The van der Waals surface area contributed by atoms with Gasteiger partial charge in [-0.1, -0.05) is 6.07 Å². The Balaban J connectivity index is 1.66. The molecule has 1 aliphatic carbocycles. The number of hydrogen-bond acceptors (Lipinski definition) is 4. The molecule has 0 bridgehead atoms. The second-order valence-corrected chi connectivity index (χ2v) is 8.81. The monoisotopic (exact) mass is 403 g/mol. The van der Waals surface area contributed by atoms with Gasteiger partial charge in [0.25, 0.3) is 10.0 Å². The van der Waals surface area contributed by atoms with E-state index < -0.39 is 10.0 Å². The van der Waals surface area contributed by atoms with Gasteiger partial charge in [-0.05, 0) is 86.4 Å². The van der Waals surface area contributed by atoms with Crippen molar-refractivity contribution in [1.29, 1.82) is 0 Å². The molecule has 2 aromatic rings. The standard InChI is InChI=1S/C19H21N3O3S2/c1-12-9-13(2)11-16(10-12)22-27(24,25)17-7-5-15(6-8-17)20-19(26)21-18(23)14-3-4-14/h5-11,14,22H,3-4H2,1-2H3,(H2,20,21,23,26). The van der Waals surface area contributed by atoms with E-state index in [1.165, 1.54) is 12.1 Å². The van der Waals surface area contributed by atoms with Crippen LogP contribution in [0.3, 0.4) is 0 Å². The third kappa shape index (κ3) is 5.27. The first kappa shape index (κ1) is 19.3. The van der Waals surface area contributed by atoms with Gasteiger partial charge < -0.3 is 10.6 Å². The molecular weight excluding hydrogens is 382 g/mol. The summed E-state index contributed by atoms with van der Waals surface area (Å²) in [6.45, 7) is 3.83. The second kappa shape index (κ2) is 7.66. The molecule has 0 unspecified atom stereocenters. The van der Waals surface area contributed by atoms with E-state index in [9.17, 15) is 13.2 Å². The molecule has 8 heteroatoms. The fraction of sp³-hybridized carbons (Fsp3) is 0.263. The lowest BCUT2D eigenvalue weighted by molar-refractivity contribution is -0.120. The van der Waals surface area contributed by atoms with Crippen LogP contribution >= 0.6 is 12.2 Å². The number of thiocarbonyl (C=S) groups is 1. The number of benzene rings is 2. The Morgan fingerprint density at radius 1 is 1.00 bits per heavy atom. The molecule has 0 atom stereocenters. The minimum absolute atomic E-state index is 0.0635. The lowest BCUT2D eigenvalue weighted by Crippen LogP contribution is -2.35. The summed E-state index contributed by atoms with van der Waals surface area (Å²) >= 11 is 5.10. The molecule has 0 aliphatic heterocycles. The molecule has 0 saturated heterocycles. The van der Waals surface area contributed by atoms with Crippen molar-refractivity contribution in [2.24, 2.45) is 5.92 Å². The number of rotatable bonds is 5. The third-order valence-corrected chi connectivity index (χ3v) is 5.68. The molecule has 2 aromatic carbocycles. The predicted octanol–water partition coefficient (Wildman–Crippen LogP) is 3.33. The van der Waals surface area contributed by atoms with Crippen LogP contribution in [0.2, 0.25) is 0 Å². The Bertz CT molecular complexity index is 962. The molecule has 142 valence electrons. The van der Waals surface area contributed by atoms with Gasteiger partial charge in [0.15, 0.2) is 5.11 Å². The van der Waals surface area contributed by atoms with Gasteiger partial charge in [-0.15, -0.1) is 0 Å². The lowest BCUT2D eigenvalue weighted by atomic mass is 10.1. The highest BCUT2D eigenvalue weighted by Gasteiger charge is 2.30. The molecule has 1 fully saturated rings. The molecule has 3 N–H and O–H groups in total. The lowest BCUT2D eigenvalue weighted by Gasteiger charge is -2.12. The van der Waals surface area contributed by atoms with Crippen LogP contribution in [0.25, 0.3) is 0 Å². The normalized spacial score (nSPS) is 13.7. The fourth-order valence-electron chi connectivity index (χ4n) is 2.69. The van der Waals surface area contributed by atoms with Crippen molar-refractivity contribution in [3.05, 3.63) is 53.6 Å². The van der Waals surface area contributed by atoms with Crippen LogP contribution in [-0.4, -0.2) is 19.4 Å². The third-order valence-electron chi connectivity index (χ3n) is 4.08. The molecule has 0 radical (unpaired) electrons. The van der Waals surface area contributed by atoms with Gasteiger partial charge >= 0.3 is 0 Å². The van der Waals surface area contributed by atoms with Crippen molar-refractivity contribution in [3.8, 4) is 0 Å². The van der Waals surface area contributed by atoms with Crippen molar-refractivity contribution < 1.29 is 13.2 Å². The highest BCUT2D eigenvalue weighted by Crippen LogP contribution is 2.28. The molecule has 1 saturated carbocycles. The van der Waals surface area contributed by atoms with Gasteiger partial charge in [0, 0.05) is 17.3 Å². The Morgan fingerprint density at radius 2 is 1.59 bits per heavy atom. The summed E-state index contributed by atoms with van der Waals surface area (Å²) in [5.74, 6) is -0.0158. The molecule has 27 heavy (non-hydrogen) atoms. The van der Waals surface area contributed by atoms with Crippen LogP contribution in [0, 0.1) is 19.8 Å². The van der Waals surface area contributed by atoms with E-state index in [4.69, 9.17) is 12.2 Å². The quantitative estimate of drug-likeness (QED) is 0.667. The Kier molecular flexibility index (Phi) is 5.48. The van der Waals surface area contributed by atoms with Crippen LogP contribution in [0.5, 0.6) is 0 Å². The van der Waals surface area contributed by atoms with E-state index >= 15 is 0 Å². The van der Waals surface area contributed by atoms with Crippen LogP contribution in [0.1, 0.15) is 24.0 Å². The number of sulfonamides is 1. The van der Waals surface area contributed by atoms with E-state index in [1.54, 1.807) is 24.3 Å². The van der Waals surface area contributed by atoms with Crippen molar-refractivity contribution in [1.82, 2.24) is 5.32 Å². The fourth-order valence-corrected chi connectivity index (χ4v) is 3.95. The zero-order valence-corrected chi connectivity index (χ0v) is 16.7. The maximum absolute atomic E-state index is 12.6. The van der Waals surface area contributed by atoms with Crippen molar-refractivity contribution in [2.75, 3.05) is 10.0 Å². The number of anilines is 2. The highest BCUT2D eigenvalue weighted by molar-refractivity contribution is 7.92. The minimum atomic E-state index is -3.69. The van der Waals surface area contributed by atoms with Gasteiger partial charge in [0.1, 0.15) is 0 Å². The second-order valence-electron chi connectivity index (χ2n) is 6.72. The number of aryl methyl sites for hydroxylation is 2. The van der Waals surface area contributed by atoms with Crippen LogP contribution in [-0.2, 0) is 14.8 Å². The molecule has 1 amide bonds. The SMILES string of the molecule is Cc1cc(C)cc(NS(=O)(=O)c2ccc(NC(=S)NC(=O)C3CC3)cc2)c1. The highest BCUT2D eigenvalue weighted by atomic mass is 32.2.